The Morgan fingerprint density at radius 2 is 1.19 bits per heavy atom. The summed E-state index contributed by atoms with van der Waals surface area (Å²) in [5.74, 6) is 0. The van der Waals surface area contributed by atoms with Crippen molar-refractivity contribution in [2.24, 2.45) is 9.98 Å². The molecule has 2 aliphatic rings. The maximum absolute atomic E-state index is 4.39. The van der Waals surface area contributed by atoms with Gasteiger partial charge < -0.3 is 4.90 Å². The van der Waals surface area contributed by atoms with Gasteiger partial charge in [-0.1, -0.05) is 72.8 Å². The fourth-order valence-electron chi connectivity index (χ4n) is 5.64. The fraction of sp³-hybridized carbons (Fsp3) is 0.219. The molecule has 180 valence electrons. The molecule has 0 saturated heterocycles. The number of hydrogen-bond donors (Lipinski definition) is 0. The summed E-state index contributed by atoms with van der Waals surface area (Å²) in [5.41, 5.74) is 13.8. The van der Waals surface area contributed by atoms with Crippen molar-refractivity contribution in [3.63, 3.8) is 0 Å². The average Bonchev–Trinajstić information content (AvgIpc) is 3.47. The summed E-state index contributed by atoms with van der Waals surface area (Å²) < 4.78 is 0. The molecule has 2 aliphatic carbocycles. The van der Waals surface area contributed by atoms with Crippen LogP contribution in [-0.2, 0) is 12.8 Å². The quantitative estimate of drug-likeness (QED) is 0.164. The summed E-state index contributed by atoms with van der Waals surface area (Å²) in [6, 6.07) is 34.1. The van der Waals surface area contributed by atoms with E-state index in [1.54, 1.807) is 0 Å². The molecule has 0 fully saturated rings. The highest BCUT2D eigenvalue weighted by atomic mass is 35.5. The van der Waals surface area contributed by atoms with Crippen molar-refractivity contribution in [2.45, 2.75) is 26.2 Å². The highest BCUT2D eigenvalue weighted by molar-refractivity contribution is 5.88. The number of aliphatic imine (C=N–C) groups is 2. The van der Waals surface area contributed by atoms with Crippen molar-refractivity contribution in [1.29, 1.82) is 0 Å². The van der Waals surface area contributed by atoms with Crippen LogP contribution in [0.5, 0.6) is 0 Å². The lowest BCUT2D eigenvalue weighted by molar-refractivity contribution is 0.816. The molecular formula is C32H30ClN3. The van der Waals surface area contributed by atoms with Gasteiger partial charge in [0.05, 0.1) is 12.6 Å². The number of fused-ring (bicyclic) bond motifs is 6. The highest BCUT2D eigenvalue weighted by Gasteiger charge is 2.27. The molecule has 3 nitrogen and oxygen atoms in total. The van der Waals surface area contributed by atoms with Gasteiger partial charge in [-0.2, -0.15) is 0 Å². The summed E-state index contributed by atoms with van der Waals surface area (Å²) >= 11 is 0. The highest BCUT2D eigenvalue weighted by Crippen LogP contribution is 2.46. The number of halogens is 1. The largest absolute Gasteiger partial charge is 0.341 e. The van der Waals surface area contributed by atoms with Crippen LogP contribution < -0.4 is 4.90 Å². The van der Waals surface area contributed by atoms with E-state index in [4.69, 9.17) is 0 Å². The summed E-state index contributed by atoms with van der Waals surface area (Å²) in [5, 5.41) is 0. The van der Waals surface area contributed by atoms with E-state index in [1.807, 2.05) is 6.92 Å². The van der Waals surface area contributed by atoms with Crippen LogP contribution in [0, 0.1) is 0 Å². The number of rotatable bonds is 7. The van der Waals surface area contributed by atoms with Gasteiger partial charge in [0.2, 0.25) is 0 Å². The van der Waals surface area contributed by atoms with Gasteiger partial charge in [-0.15, -0.1) is 12.4 Å². The Kier molecular flexibility index (Phi) is 7.04. The van der Waals surface area contributed by atoms with Crippen molar-refractivity contribution in [3.05, 3.63) is 107 Å². The smallest absolute Gasteiger partial charge is 0.0892 e. The zero-order chi connectivity index (χ0) is 23.6. The first kappa shape index (κ1) is 24.1. The van der Waals surface area contributed by atoms with E-state index >= 15 is 0 Å². The van der Waals surface area contributed by atoms with E-state index in [0.29, 0.717) is 0 Å². The Morgan fingerprint density at radius 1 is 0.667 bits per heavy atom. The van der Waals surface area contributed by atoms with Crippen molar-refractivity contribution < 1.29 is 0 Å². The first-order chi connectivity index (χ1) is 17.3. The first-order valence-corrected chi connectivity index (χ1v) is 12.6. The normalized spacial score (nSPS) is 11.9. The molecule has 0 bridgehead atoms. The van der Waals surface area contributed by atoms with Gasteiger partial charge >= 0.3 is 0 Å². The van der Waals surface area contributed by atoms with Gasteiger partial charge in [-0.25, -0.2) is 9.98 Å². The molecule has 0 saturated carbocycles. The molecule has 0 unspecified atom stereocenters. The van der Waals surface area contributed by atoms with Crippen LogP contribution >= 0.6 is 12.4 Å². The van der Waals surface area contributed by atoms with Crippen LogP contribution in [-0.4, -0.2) is 25.6 Å². The van der Waals surface area contributed by atoms with Gasteiger partial charge in [0.1, 0.15) is 0 Å². The number of hydrogen-bond acceptors (Lipinski definition) is 3. The number of anilines is 2. The fourth-order valence-corrected chi connectivity index (χ4v) is 5.64. The zero-order valence-electron chi connectivity index (χ0n) is 20.6. The Balaban J connectivity index is 0.00000267. The number of nitrogens with zero attached hydrogens (tertiary/aromatic N) is 3. The molecule has 0 spiro atoms. The van der Waals surface area contributed by atoms with Crippen LogP contribution in [0.4, 0.5) is 11.4 Å². The van der Waals surface area contributed by atoms with E-state index < -0.39 is 0 Å². The average molecular weight is 492 g/mol. The standard InChI is InChI=1S/C32H29N3.ClH/c1-2-33-22-34-18-9-19-35(31-16-7-14-27-25-12-5-3-10-23(25)20-29(27)31)32-17-8-15-28-26-13-6-4-11-24(26)21-30(28)32;/h3-8,10-17H,2,9,18-21H2,1H3;1H. The van der Waals surface area contributed by atoms with Crippen LogP contribution in [0.25, 0.3) is 22.3 Å². The van der Waals surface area contributed by atoms with Crippen LogP contribution in [0.15, 0.2) is 94.9 Å². The van der Waals surface area contributed by atoms with Gasteiger partial charge in [-0.05, 0) is 70.0 Å². The molecule has 0 N–H and O–H groups in total. The van der Waals surface area contributed by atoms with Crippen LogP contribution in [0.1, 0.15) is 35.6 Å². The zero-order valence-corrected chi connectivity index (χ0v) is 21.4. The van der Waals surface area contributed by atoms with Crippen molar-refractivity contribution in [2.75, 3.05) is 24.5 Å². The summed E-state index contributed by atoms with van der Waals surface area (Å²) in [6.07, 6.45) is 2.91. The SMILES string of the molecule is CCN=C=NCCCN(c1cccc2c1Cc1ccccc1-2)c1cccc2c1Cc1ccccc1-2.Cl. The Morgan fingerprint density at radius 3 is 1.75 bits per heavy atom. The minimum absolute atomic E-state index is 0. The molecule has 4 aromatic rings. The second-order valence-corrected chi connectivity index (χ2v) is 9.24. The molecule has 0 atom stereocenters. The summed E-state index contributed by atoms with van der Waals surface area (Å²) in [4.78, 5) is 11.0. The van der Waals surface area contributed by atoms with Crippen LogP contribution in [0.2, 0.25) is 0 Å². The van der Waals surface area contributed by atoms with E-state index in [9.17, 15) is 0 Å². The topological polar surface area (TPSA) is 28.0 Å². The molecule has 0 aliphatic heterocycles. The van der Waals surface area contributed by atoms with E-state index in [2.05, 4.69) is 106 Å². The molecule has 4 aromatic carbocycles. The lowest BCUT2D eigenvalue weighted by Crippen LogP contribution is -2.22. The van der Waals surface area contributed by atoms with Crippen molar-refractivity contribution in [3.8, 4) is 22.3 Å². The third kappa shape index (κ3) is 4.26. The Hall–Kier alpha value is -3.65. The summed E-state index contributed by atoms with van der Waals surface area (Å²) in [6.45, 7) is 4.36. The van der Waals surface area contributed by atoms with E-state index in [-0.39, 0.29) is 12.4 Å². The lowest BCUT2D eigenvalue weighted by Gasteiger charge is -2.29. The Labute approximate surface area is 219 Å². The molecular weight excluding hydrogens is 462 g/mol. The number of benzene rings is 4. The third-order valence-electron chi connectivity index (χ3n) is 7.18. The predicted molar refractivity (Wildman–Crippen MR) is 154 cm³/mol. The van der Waals surface area contributed by atoms with Crippen LogP contribution in [0.3, 0.4) is 0 Å². The maximum atomic E-state index is 4.39. The van der Waals surface area contributed by atoms with Gasteiger partial charge in [0, 0.05) is 37.3 Å². The van der Waals surface area contributed by atoms with E-state index in [1.165, 1.54) is 55.9 Å². The molecule has 36 heavy (non-hydrogen) atoms. The van der Waals surface area contributed by atoms with Gasteiger partial charge in [0.25, 0.3) is 0 Å². The Bertz CT molecular complexity index is 1370. The molecule has 0 radical (unpaired) electrons. The predicted octanol–water partition coefficient (Wildman–Crippen LogP) is 7.97. The minimum atomic E-state index is 0. The lowest BCUT2D eigenvalue weighted by atomic mass is 10.0. The third-order valence-corrected chi connectivity index (χ3v) is 7.18. The van der Waals surface area contributed by atoms with Crippen molar-refractivity contribution >= 4 is 29.8 Å². The monoisotopic (exact) mass is 491 g/mol. The molecule has 4 heteroatoms. The first-order valence-electron chi connectivity index (χ1n) is 12.6. The second kappa shape index (κ2) is 10.5. The summed E-state index contributed by atoms with van der Waals surface area (Å²) in [7, 11) is 0. The molecule has 0 amide bonds. The van der Waals surface area contributed by atoms with Gasteiger partial charge in [-0.3, -0.25) is 0 Å². The molecule has 0 aromatic heterocycles. The molecule has 6 rings (SSSR count). The molecule has 0 heterocycles. The minimum Gasteiger partial charge on any atom is -0.341 e. The maximum Gasteiger partial charge on any atom is 0.0892 e. The van der Waals surface area contributed by atoms with Crippen molar-refractivity contribution in [1.82, 2.24) is 0 Å². The second-order valence-electron chi connectivity index (χ2n) is 9.24. The van der Waals surface area contributed by atoms with Gasteiger partial charge in [0.15, 0.2) is 0 Å². The van der Waals surface area contributed by atoms with E-state index in [0.717, 1.165) is 38.9 Å².